The third kappa shape index (κ3) is 10.8. The summed E-state index contributed by atoms with van der Waals surface area (Å²) < 4.78 is 34.9. The van der Waals surface area contributed by atoms with E-state index in [2.05, 4.69) is 70.5 Å². The number of benzene rings is 3. The zero-order valence-corrected chi connectivity index (χ0v) is 27.9. The molecule has 0 radical (unpaired) electrons. The summed E-state index contributed by atoms with van der Waals surface area (Å²) >= 11 is 0. The van der Waals surface area contributed by atoms with E-state index in [0.29, 0.717) is 41.2 Å². The molecule has 0 aliphatic carbocycles. The minimum absolute atomic E-state index is 0.268. The molecule has 2 saturated heterocycles. The zero-order chi connectivity index (χ0) is 35.8. The Hall–Kier alpha value is -6.44. The van der Waals surface area contributed by atoms with E-state index in [-0.39, 0.29) is 6.61 Å². The van der Waals surface area contributed by atoms with E-state index in [1.807, 2.05) is 31.2 Å². The summed E-state index contributed by atoms with van der Waals surface area (Å²) in [6.45, 7) is 7.74. The van der Waals surface area contributed by atoms with Crippen molar-refractivity contribution in [3.63, 3.8) is 0 Å². The lowest BCUT2D eigenvalue weighted by molar-refractivity contribution is -0.298. The third-order valence-electron chi connectivity index (χ3n) is 7.40. The molecule has 2 fully saturated rings. The highest BCUT2D eigenvalue weighted by Gasteiger charge is 2.43. The number of ether oxygens (including phenoxy) is 6. The van der Waals surface area contributed by atoms with Gasteiger partial charge in [0, 0.05) is 18.1 Å². The van der Waals surface area contributed by atoms with Crippen molar-refractivity contribution in [2.24, 2.45) is 0 Å². The van der Waals surface area contributed by atoms with Crippen molar-refractivity contribution in [3.8, 4) is 23.5 Å². The van der Waals surface area contributed by atoms with Crippen LogP contribution < -0.4 is 9.47 Å². The molecule has 0 amide bonds. The highest BCUT2D eigenvalue weighted by Crippen LogP contribution is 2.34. The smallest absolute Gasteiger partial charge is 0.343 e. The van der Waals surface area contributed by atoms with Crippen LogP contribution in [0.1, 0.15) is 51.5 Å². The standard InChI is InChI=1S/C43H31O8/c1-4-5-6-7-8-9-10-13-31(2)14-11-12-28-46-36-23-21-35(22-24-36)43-48-30-39-40(51-43)38(27-29-47-39)50-42(45)34-19-25-37(26-20-34)49-41(44)33-17-15-32(3)16-18-33/h11,15-26,38-40,43H,1,27,29-30H2,2-3H3/q-1. The molecule has 0 aromatic heterocycles. The summed E-state index contributed by atoms with van der Waals surface area (Å²) in [5, 5.41) is 0. The van der Waals surface area contributed by atoms with Crippen molar-refractivity contribution in [1.82, 2.24) is 0 Å². The Bertz CT molecular complexity index is 2150. The Morgan fingerprint density at radius 2 is 1.51 bits per heavy atom. The number of carbonyl (C=O) groups excluding carboxylic acids is 2. The van der Waals surface area contributed by atoms with Gasteiger partial charge < -0.3 is 28.4 Å². The van der Waals surface area contributed by atoms with Crippen LogP contribution in [-0.4, -0.2) is 43.5 Å². The van der Waals surface area contributed by atoms with E-state index in [0.717, 1.165) is 11.1 Å². The van der Waals surface area contributed by atoms with Crippen LogP contribution in [0, 0.1) is 25.0 Å². The van der Waals surface area contributed by atoms with Crippen molar-refractivity contribution < 1.29 is 38.0 Å². The van der Waals surface area contributed by atoms with Crippen LogP contribution in [0.25, 0.3) is 0 Å². The first-order valence-electron chi connectivity index (χ1n) is 15.9. The summed E-state index contributed by atoms with van der Waals surface area (Å²) in [6, 6.07) is 20.4. The average molecular weight is 676 g/mol. The second-order valence-electron chi connectivity index (χ2n) is 11.1. The number of fused-ring (bicyclic) bond motifs is 1. The predicted octanol–water partition coefficient (Wildman–Crippen LogP) is 7.16. The van der Waals surface area contributed by atoms with Crippen molar-refractivity contribution in [2.45, 2.75) is 44.9 Å². The van der Waals surface area contributed by atoms with Gasteiger partial charge in [0.05, 0.1) is 24.3 Å². The molecular weight excluding hydrogens is 644 g/mol. The lowest BCUT2D eigenvalue weighted by atomic mass is 10.0. The van der Waals surface area contributed by atoms with Crippen LogP contribution in [-0.2, 0) is 18.9 Å². The van der Waals surface area contributed by atoms with Crippen molar-refractivity contribution in [3.05, 3.63) is 165 Å². The van der Waals surface area contributed by atoms with Gasteiger partial charge in [-0.25, -0.2) is 15.3 Å². The number of esters is 2. The van der Waals surface area contributed by atoms with E-state index in [1.165, 1.54) is 6.08 Å². The van der Waals surface area contributed by atoms with Gasteiger partial charge in [-0.05, 0) is 90.7 Å². The lowest BCUT2D eigenvalue weighted by Gasteiger charge is -2.42. The molecule has 0 saturated carbocycles. The zero-order valence-electron chi connectivity index (χ0n) is 27.9. The first kappa shape index (κ1) is 35.9. The van der Waals surface area contributed by atoms with E-state index < -0.39 is 36.5 Å². The first-order valence-corrected chi connectivity index (χ1v) is 15.9. The monoisotopic (exact) mass is 675 g/mol. The number of aryl methyl sites for hydroxylation is 1. The number of carbonyl (C=O) groups is 2. The van der Waals surface area contributed by atoms with Gasteiger partial charge in [-0.15, -0.1) is 11.6 Å². The van der Waals surface area contributed by atoms with Crippen molar-refractivity contribution in [2.75, 3.05) is 13.2 Å². The lowest BCUT2D eigenvalue weighted by Crippen LogP contribution is -2.53. The molecule has 252 valence electrons. The van der Waals surface area contributed by atoms with Crippen molar-refractivity contribution in [1.29, 1.82) is 0 Å². The van der Waals surface area contributed by atoms with E-state index in [4.69, 9.17) is 28.4 Å². The predicted molar refractivity (Wildman–Crippen MR) is 185 cm³/mol. The molecule has 51 heavy (non-hydrogen) atoms. The fourth-order valence-corrected chi connectivity index (χ4v) is 4.82. The third-order valence-corrected chi connectivity index (χ3v) is 7.40. The Morgan fingerprint density at radius 1 is 0.843 bits per heavy atom. The fraction of sp³-hybridized carbons (Fsp3) is 0.209. The molecule has 3 aromatic rings. The van der Waals surface area contributed by atoms with Gasteiger partial charge in [0.25, 0.3) is 0 Å². The molecule has 2 aliphatic heterocycles. The van der Waals surface area contributed by atoms with E-state index in [1.54, 1.807) is 55.5 Å². The molecule has 0 spiro atoms. The number of hydrogen-bond donors (Lipinski definition) is 0. The number of allylic oxidation sites excluding steroid dienone is 3. The second-order valence-corrected chi connectivity index (χ2v) is 11.1. The molecule has 0 bridgehead atoms. The molecule has 3 aromatic carbocycles. The Balaban J connectivity index is 1.14. The molecular formula is C43H31O8-. The van der Waals surface area contributed by atoms with Gasteiger partial charge in [-0.1, -0.05) is 48.2 Å². The Labute approximate surface area is 296 Å². The topological polar surface area (TPSA) is 89.5 Å². The van der Waals surface area contributed by atoms with Gasteiger partial charge in [-0.2, -0.15) is 12.0 Å². The van der Waals surface area contributed by atoms with Gasteiger partial charge in [0.1, 0.15) is 29.8 Å². The molecule has 0 N–H and O–H groups in total. The number of hydrogen-bond acceptors (Lipinski definition) is 8. The molecule has 8 nitrogen and oxygen atoms in total. The average Bonchev–Trinajstić information content (AvgIpc) is 3.15. The number of rotatable bonds is 7. The molecule has 8 heteroatoms. The van der Waals surface area contributed by atoms with Gasteiger partial charge in [-0.3, -0.25) is 0 Å². The van der Waals surface area contributed by atoms with Crippen LogP contribution in [0.15, 0.2) is 137 Å². The first-order chi connectivity index (χ1) is 24.9. The van der Waals surface area contributed by atoms with Crippen molar-refractivity contribution >= 4 is 11.9 Å². The summed E-state index contributed by atoms with van der Waals surface area (Å²) in [5.74, 6) is 2.58. The minimum atomic E-state index is -0.701. The highest BCUT2D eigenvalue weighted by molar-refractivity contribution is 5.92. The summed E-state index contributed by atoms with van der Waals surface area (Å²) in [7, 11) is 0. The quantitative estimate of drug-likeness (QED) is 0.0651. The summed E-state index contributed by atoms with van der Waals surface area (Å²) in [6.07, 6.45) is 5.32. The molecule has 5 rings (SSSR count). The van der Waals surface area contributed by atoms with Crippen LogP contribution in [0.3, 0.4) is 0 Å². The summed E-state index contributed by atoms with van der Waals surface area (Å²) in [4.78, 5) is 25.6. The maximum absolute atomic E-state index is 13.1. The maximum Gasteiger partial charge on any atom is 0.343 e. The largest absolute Gasteiger partial charge is 0.456 e. The molecule has 4 unspecified atom stereocenters. The van der Waals surface area contributed by atoms with Gasteiger partial charge in [0.15, 0.2) is 6.29 Å². The van der Waals surface area contributed by atoms with E-state index in [9.17, 15) is 9.59 Å². The Morgan fingerprint density at radius 3 is 2.25 bits per heavy atom. The van der Waals surface area contributed by atoms with Crippen LogP contribution in [0.2, 0.25) is 0 Å². The summed E-state index contributed by atoms with van der Waals surface area (Å²) in [5.41, 5.74) is 23.8. The van der Waals surface area contributed by atoms with Gasteiger partial charge >= 0.3 is 11.9 Å². The second kappa shape index (κ2) is 18.4. The van der Waals surface area contributed by atoms with Gasteiger partial charge in [0.2, 0.25) is 0 Å². The normalized spacial score (nSPS) is 18.5. The minimum Gasteiger partial charge on any atom is -0.456 e. The van der Waals surface area contributed by atoms with Crippen LogP contribution in [0.5, 0.6) is 11.5 Å². The molecule has 2 aliphatic rings. The van der Waals surface area contributed by atoms with Crippen LogP contribution in [0.4, 0.5) is 0 Å². The van der Waals surface area contributed by atoms with Crippen LogP contribution >= 0.6 is 0 Å². The van der Waals surface area contributed by atoms with E-state index >= 15 is 0 Å². The molecule has 2 heterocycles. The SMILES string of the molecule is C=C=C=C=C=C=C=C=C=C(C)[C-]=CC#COc1ccc(C2OCC3OCCC(OC(=O)c4ccc(OC(=O)c5ccc(C)cc5)cc4)C3O2)cc1. The fourth-order valence-electron chi connectivity index (χ4n) is 4.82. The maximum atomic E-state index is 13.1. The Kier molecular flexibility index (Phi) is 12.9. The molecule has 4 atom stereocenters. The highest BCUT2D eigenvalue weighted by atomic mass is 16.7.